The Kier molecular flexibility index (Phi) is 7.19. The molecule has 0 spiro atoms. The van der Waals surface area contributed by atoms with Gasteiger partial charge in [-0.15, -0.1) is 0 Å². The maximum atomic E-state index is 15.4. The number of hydrogen-bond acceptors (Lipinski definition) is 3. The standard InChI is InChI=1S/C26H26Cl2F2N2O2/c1-14-5-2-3-6-15(14)11-21-26(13-31,18-10-9-16(27)12-20(18)29)22(24(32-21)25(33)34)17-7-4-8-19(28)23(17)30/h4,7-10,12,14-15,21-22,24,32H,2-3,5-6,11H2,1H3,(H,33,34)/t14?,15?,21-,22-,24+,26-/m0/s1. The van der Waals surface area contributed by atoms with Crippen LogP contribution in [0.25, 0.3) is 0 Å². The zero-order chi connectivity index (χ0) is 24.6. The first-order chi connectivity index (χ1) is 16.2. The monoisotopic (exact) mass is 506 g/mol. The number of nitrogens with zero attached hydrogens (tertiary/aromatic N) is 1. The van der Waals surface area contributed by atoms with E-state index in [1.54, 1.807) is 0 Å². The van der Waals surface area contributed by atoms with Crippen molar-refractivity contribution in [1.82, 2.24) is 5.32 Å². The number of nitrogens with one attached hydrogen (secondary N) is 1. The summed E-state index contributed by atoms with van der Waals surface area (Å²) in [6.45, 7) is 2.15. The molecule has 2 aromatic rings. The van der Waals surface area contributed by atoms with Gasteiger partial charge in [-0.3, -0.25) is 10.1 Å². The molecule has 1 saturated heterocycles. The second kappa shape index (κ2) is 9.81. The van der Waals surface area contributed by atoms with E-state index in [9.17, 15) is 15.2 Å². The van der Waals surface area contributed by atoms with Crippen LogP contribution in [0.1, 0.15) is 56.1 Å². The minimum atomic E-state index is -1.69. The fourth-order valence-electron chi connectivity index (χ4n) is 6.01. The SMILES string of the molecule is CC1CCCCC1C[C@@H]1N[C@@H](C(=O)O)[C@H](c2cccc(Cl)c2F)[C@@]1(C#N)c1ccc(Cl)cc1F. The van der Waals surface area contributed by atoms with Gasteiger partial charge in [0.15, 0.2) is 0 Å². The lowest BCUT2D eigenvalue weighted by atomic mass is 9.62. The Bertz CT molecular complexity index is 1140. The summed E-state index contributed by atoms with van der Waals surface area (Å²) < 4.78 is 30.8. The first-order valence-electron chi connectivity index (χ1n) is 11.5. The van der Waals surface area contributed by atoms with E-state index in [1.165, 1.54) is 30.3 Å². The second-order valence-corrected chi connectivity index (χ2v) is 10.4. The number of benzene rings is 2. The average molecular weight is 507 g/mol. The lowest BCUT2D eigenvalue weighted by molar-refractivity contribution is -0.139. The van der Waals surface area contributed by atoms with Crippen LogP contribution in [0.5, 0.6) is 0 Å². The van der Waals surface area contributed by atoms with Gasteiger partial charge in [0.1, 0.15) is 23.1 Å². The van der Waals surface area contributed by atoms with Crippen LogP contribution in [-0.2, 0) is 10.2 Å². The van der Waals surface area contributed by atoms with Crippen molar-refractivity contribution in [2.24, 2.45) is 11.8 Å². The molecule has 0 radical (unpaired) electrons. The van der Waals surface area contributed by atoms with Gasteiger partial charge in [-0.05, 0) is 42.0 Å². The number of aliphatic carboxylic acids is 1. The largest absolute Gasteiger partial charge is 0.480 e. The summed E-state index contributed by atoms with van der Waals surface area (Å²) in [4.78, 5) is 12.4. The Labute approximate surface area is 207 Å². The van der Waals surface area contributed by atoms with Gasteiger partial charge in [-0.25, -0.2) is 8.78 Å². The first kappa shape index (κ1) is 24.9. The summed E-state index contributed by atoms with van der Waals surface area (Å²) in [5, 5.41) is 23.9. The van der Waals surface area contributed by atoms with Crippen molar-refractivity contribution in [2.75, 3.05) is 0 Å². The van der Waals surface area contributed by atoms with Crippen LogP contribution in [-0.4, -0.2) is 23.2 Å². The van der Waals surface area contributed by atoms with E-state index in [2.05, 4.69) is 18.3 Å². The van der Waals surface area contributed by atoms with Gasteiger partial charge in [0.25, 0.3) is 0 Å². The number of halogens is 4. The summed E-state index contributed by atoms with van der Waals surface area (Å²) in [7, 11) is 0. The van der Waals surface area contributed by atoms with Gasteiger partial charge in [-0.2, -0.15) is 5.26 Å². The lowest BCUT2D eigenvalue weighted by Gasteiger charge is -2.38. The van der Waals surface area contributed by atoms with E-state index in [-0.39, 0.29) is 27.1 Å². The molecule has 2 aromatic carbocycles. The van der Waals surface area contributed by atoms with E-state index < -0.39 is 41.0 Å². The number of nitriles is 1. The fourth-order valence-corrected chi connectivity index (χ4v) is 6.35. The number of carboxylic acids is 1. The van der Waals surface area contributed by atoms with Crippen LogP contribution in [0.4, 0.5) is 8.78 Å². The molecule has 1 heterocycles. The topological polar surface area (TPSA) is 73.1 Å². The molecule has 34 heavy (non-hydrogen) atoms. The third-order valence-corrected chi connectivity index (χ3v) is 8.25. The molecule has 180 valence electrons. The maximum Gasteiger partial charge on any atom is 0.321 e. The molecule has 1 saturated carbocycles. The Morgan fingerprint density at radius 1 is 1.24 bits per heavy atom. The van der Waals surface area contributed by atoms with Gasteiger partial charge >= 0.3 is 5.97 Å². The summed E-state index contributed by atoms with van der Waals surface area (Å²) in [5.41, 5.74) is -1.71. The molecule has 2 unspecified atom stereocenters. The molecule has 0 bridgehead atoms. The van der Waals surface area contributed by atoms with E-state index in [1.807, 2.05) is 0 Å². The van der Waals surface area contributed by atoms with Crippen LogP contribution in [0, 0.1) is 34.8 Å². The minimum Gasteiger partial charge on any atom is -0.480 e. The summed E-state index contributed by atoms with van der Waals surface area (Å²) in [6.07, 6.45) is 4.63. The summed E-state index contributed by atoms with van der Waals surface area (Å²) in [6, 6.07) is 8.53. The van der Waals surface area contributed by atoms with Crippen LogP contribution in [0.2, 0.25) is 10.0 Å². The van der Waals surface area contributed by atoms with Crippen LogP contribution in [0.15, 0.2) is 36.4 Å². The molecular weight excluding hydrogens is 481 g/mol. The van der Waals surface area contributed by atoms with Crippen molar-refractivity contribution < 1.29 is 18.7 Å². The van der Waals surface area contributed by atoms with Crippen LogP contribution < -0.4 is 5.32 Å². The lowest BCUT2D eigenvalue weighted by Crippen LogP contribution is -2.44. The Morgan fingerprint density at radius 2 is 1.97 bits per heavy atom. The average Bonchev–Trinajstić information content (AvgIpc) is 3.12. The van der Waals surface area contributed by atoms with E-state index in [0.29, 0.717) is 12.3 Å². The van der Waals surface area contributed by atoms with Crippen LogP contribution in [0.3, 0.4) is 0 Å². The third-order valence-electron chi connectivity index (χ3n) is 7.73. The highest BCUT2D eigenvalue weighted by molar-refractivity contribution is 6.31. The number of carbonyl (C=O) groups is 1. The van der Waals surface area contributed by atoms with E-state index in [0.717, 1.165) is 31.7 Å². The predicted octanol–water partition coefficient (Wildman–Crippen LogP) is 6.46. The maximum absolute atomic E-state index is 15.4. The van der Waals surface area contributed by atoms with Gasteiger partial charge in [0, 0.05) is 22.5 Å². The van der Waals surface area contributed by atoms with Crippen molar-refractivity contribution in [3.63, 3.8) is 0 Å². The molecule has 4 nitrogen and oxygen atoms in total. The molecule has 1 aliphatic carbocycles. The molecule has 2 aliphatic rings. The minimum absolute atomic E-state index is 0.00786. The van der Waals surface area contributed by atoms with Gasteiger partial charge in [0.2, 0.25) is 0 Å². The van der Waals surface area contributed by atoms with E-state index >= 15 is 8.78 Å². The zero-order valence-corrected chi connectivity index (χ0v) is 20.2. The van der Waals surface area contributed by atoms with E-state index in [4.69, 9.17) is 23.2 Å². The highest BCUT2D eigenvalue weighted by atomic mass is 35.5. The van der Waals surface area contributed by atoms with Gasteiger partial charge < -0.3 is 5.11 Å². The zero-order valence-electron chi connectivity index (χ0n) is 18.7. The molecule has 2 N–H and O–H groups in total. The quantitative estimate of drug-likeness (QED) is 0.488. The molecule has 8 heteroatoms. The Hall–Kier alpha value is -2.20. The molecule has 0 amide bonds. The van der Waals surface area contributed by atoms with Gasteiger partial charge in [0.05, 0.1) is 11.1 Å². The Morgan fingerprint density at radius 3 is 2.62 bits per heavy atom. The number of hydrogen-bond donors (Lipinski definition) is 2. The smallest absolute Gasteiger partial charge is 0.321 e. The highest BCUT2D eigenvalue weighted by Gasteiger charge is 2.61. The van der Waals surface area contributed by atoms with Crippen molar-refractivity contribution >= 4 is 29.2 Å². The van der Waals surface area contributed by atoms with Crippen molar-refractivity contribution in [3.05, 3.63) is 69.2 Å². The van der Waals surface area contributed by atoms with Crippen molar-refractivity contribution in [1.29, 1.82) is 5.26 Å². The number of carboxylic acid groups (broad SMARTS) is 1. The van der Waals surface area contributed by atoms with Crippen LogP contribution >= 0.6 is 23.2 Å². The molecule has 1 aliphatic heterocycles. The Balaban J connectivity index is 1.95. The fraction of sp³-hybridized carbons (Fsp3) is 0.462. The molecule has 0 aromatic heterocycles. The normalized spacial score (nSPS) is 31.2. The summed E-state index contributed by atoms with van der Waals surface area (Å²) >= 11 is 12.0. The van der Waals surface area contributed by atoms with Crippen molar-refractivity contribution in [2.45, 2.75) is 62.4 Å². The third kappa shape index (κ3) is 4.19. The van der Waals surface area contributed by atoms with Gasteiger partial charge in [-0.1, -0.05) is 74.0 Å². The molecule has 4 rings (SSSR count). The predicted molar refractivity (Wildman–Crippen MR) is 127 cm³/mol. The summed E-state index contributed by atoms with van der Waals surface area (Å²) in [5.74, 6) is -3.37. The second-order valence-electron chi connectivity index (χ2n) is 9.52. The molecular formula is C26H26Cl2F2N2O2. The first-order valence-corrected chi connectivity index (χ1v) is 12.3. The molecule has 6 atom stereocenters. The molecule has 2 fully saturated rings. The number of rotatable bonds is 5. The van der Waals surface area contributed by atoms with Crippen molar-refractivity contribution in [3.8, 4) is 6.07 Å². The highest BCUT2D eigenvalue weighted by Crippen LogP contribution is 2.52.